The molecule has 0 N–H and O–H groups in total. The van der Waals surface area contributed by atoms with Crippen LogP contribution in [0.3, 0.4) is 0 Å². The van der Waals surface area contributed by atoms with Gasteiger partial charge in [0.2, 0.25) is 0 Å². The number of fused-ring (bicyclic) bond motifs is 1. The van der Waals surface area contributed by atoms with Gasteiger partial charge in [0, 0.05) is 0 Å². The molecule has 0 aliphatic rings. The third-order valence-electron chi connectivity index (χ3n) is 2.30. The molecule has 0 amide bonds. The molecule has 0 aromatic heterocycles. The Morgan fingerprint density at radius 1 is 1.13 bits per heavy atom. The van der Waals surface area contributed by atoms with Crippen molar-refractivity contribution >= 4 is 16.5 Å². The van der Waals surface area contributed by atoms with Crippen LogP contribution < -0.4 is 0 Å². The molecule has 0 saturated heterocycles. The molecule has 0 fully saturated rings. The Kier molecular flexibility index (Phi) is 2.21. The van der Waals surface area contributed by atoms with Gasteiger partial charge in [-0.15, -0.1) is 0 Å². The second-order valence-corrected chi connectivity index (χ2v) is 3.27. The fraction of sp³-hybridized carbons (Fsp3) is 0. The SMILES string of the molecule is C=C(c1ccc2ccccc2c1)[N+](=O)[O-]. The molecule has 0 unspecified atom stereocenters. The number of hydrogen-bond donors (Lipinski definition) is 0. The highest BCUT2D eigenvalue weighted by Crippen LogP contribution is 2.20. The third-order valence-corrected chi connectivity index (χ3v) is 2.30. The molecule has 15 heavy (non-hydrogen) atoms. The van der Waals surface area contributed by atoms with E-state index in [1.54, 1.807) is 12.1 Å². The zero-order chi connectivity index (χ0) is 10.8. The molecule has 0 aliphatic carbocycles. The van der Waals surface area contributed by atoms with Gasteiger partial charge in [-0.05, 0) is 29.5 Å². The Morgan fingerprint density at radius 3 is 2.47 bits per heavy atom. The van der Waals surface area contributed by atoms with E-state index < -0.39 is 4.92 Å². The predicted octanol–water partition coefficient (Wildman–Crippen LogP) is 3.09. The molecule has 2 aromatic carbocycles. The normalized spacial score (nSPS) is 10.1. The summed E-state index contributed by atoms with van der Waals surface area (Å²) in [5.41, 5.74) is 0.486. The van der Waals surface area contributed by atoms with E-state index in [-0.39, 0.29) is 5.70 Å². The van der Waals surface area contributed by atoms with Crippen molar-refractivity contribution in [2.24, 2.45) is 0 Å². The predicted molar refractivity (Wildman–Crippen MR) is 60.0 cm³/mol. The molecule has 0 radical (unpaired) electrons. The molecule has 3 nitrogen and oxygen atoms in total. The van der Waals surface area contributed by atoms with E-state index >= 15 is 0 Å². The summed E-state index contributed by atoms with van der Waals surface area (Å²) in [5.74, 6) is 0. The van der Waals surface area contributed by atoms with Gasteiger partial charge in [0.25, 0.3) is 5.70 Å². The number of benzene rings is 2. The minimum Gasteiger partial charge on any atom is -0.258 e. The molecular formula is C12H9NO2. The lowest BCUT2D eigenvalue weighted by Crippen LogP contribution is -1.95. The summed E-state index contributed by atoms with van der Waals surface area (Å²) in [5, 5.41) is 12.6. The van der Waals surface area contributed by atoms with Gasteiger partial charge in [0.05, 0.1) is 10.5 Å². The van der Waals surface area contributed by atoms with Crippen LogP contribution >= 0.6 is 0 Å². The van der Waals surface area contributed by atoms with Gasteiger partial charge in [-0.3, -0.25) is 10.1 Å². The molecule has 2 rings (SSSR count). The summed E-state index contributed by atoms with van der Waals surface area (Å²) < 4.78 is 0. The van der Waals surface area contributed by atoms with E-state index in [4.69, 9.17) is 0 Å². The van der Waals surface area contributed by atoms with Crippen molar-refractivity contribution in [3.05, 3.63) is 64.7 Å². The topological polar surface area (TPSA) is 43.1 Å². The second-order valence-electron chi connectivity index (χ2n) is 3.27. The van der Waals surface area contributed by atoms with Gasteiger partial charge in [-0.1, -0.05) is 30.3 Å². The number of hydrogen-bond acceptors (Lipinski definition) is 2. The van der Waals surface area contributed by atoms with E-state index in [1.165, 1.54) is 0 Å². The van der Waals surface area contributed by atoms with Crippen molar-refractivity contribution in [1.29, 1.82) is 0 Å². The van der Waals surface area contributed by atoms with Crippen molar-refractivity contribution in [2.45, 2.75) is 0 Å². The average molecular weight is 199 g/mol. The fourth-order valence-electron chi connectivity index (χ4n) is 1.47. The van der Waals surface area contributed by atoms with Crippen LogP contribution in [0, 0.1) is 10.1 Å². The van der Waals surface area contributed by atoms with Crippen LogP contribution in [0.2, 0.25) is 0 Å². The van der Waals surface area contributed by atoms with Crippen LogP contribution in [0.4, 0.5) is 0 Å². The van der Waals surface area contributed by atoms with Crippen molar-refractivity contribution < 1.29 is 4.92 Å². The summed E-state index contributed by atoms with van der Waals surface area (Å²) in [6.07, 6.45) is 0. The first kappa shape index (κ1) is 9.40. The van der Waals surface area contributed by atoms with Gasteiger partial charge in [-0.25, -0.2) is 0 Å². The lowest BCUT2D eigenvalue weighted by atomic mass is 10.1. The minimum absolute atomic E-state index is 0.0687. The molecular weight excluding hydrogens is 190 g/mol. The lowest BCUT2D eigenvalue weighted by Gasteiger charge is -2.00. The Morgan fingerprint density at radius 2 is 1.80 bits per heavy atom. The molecule has 0 atom stereocenters. The molecule has 0 bridgehead atoms. The van der Waals surface area contributed by atoms with E-state index in [0.717, 1.165) is 10.8 Å². The number of rotatable bonds is 2. The zero-order valence-electron chi connectivity index (χ0n) is 8.01. The first-order valence-electron chi connectivity index (χ1n) is 4.51. The lowest BCUT2D eigenvalue weighted by molar-refractivity contribution is -0.375. The fourth-order valence-corrected chi connectivity index (χ4v) is 1.47. The van der Waals surface area contributed by atoms with E-state index in [9.17, 15) is 10.1 Å². The third kappa shape index (κ3) is 1.72. The molecule has 0 saturated carbocycles. The Balaban J connectivity index is 2.56. The Labute approximate surface area is 86.8 Å². The average Bonchev–Trinajstić information content (AvgIpc) is 2.27. The number of nitro groups is 1. The monoisotopic (exact) mass is 199 g/mol. The molecule has 74 valence electrons. The number of nitrogens with zero attached hydrogens (tertiary/aromatic N) is 1. The quantitative estimate of drug-likeness (QED) is 0.551. The summed E-state index contributed by atoms with van der Waals surface area (Å²) >= 11 is 0. The Hall–Kier alpha value is -2.16. The van der Waals surface area contributed by atoms with Gasteiger partial charge in [0.15, 0.2) is 0 Å². The highest BCUT2D eigenvalue weighted by molar-refractivity contribution is 5.85. The highest BCUT2D eigenvalue weighted by atomic mass is 16.6. The van der Waals surface area contributed by atoms with Gasteiger partial charge in [0.1, 0.15) is 0 Å². The van der Waals surface area contributed by atoms with Crippen LogP contribution in [0.25, 0.3) is 16.5 Å². The van der Waals surface area contributed by atoms with Crippen LogP contribution in [-0.2, 0) is 0 Å². The van der Waals surface area contributed by atoms with Crippen molar-refractivity contribution in [3.8, 4) is 0 Å². The maximum atomic E-state index is 10.5. The second kappa shape index (κ2) is 3.53. The van der Waals surface area contributed by atoms with Crippen LogP contribution in [0.5, 0.6) is 0 Å². The maximum Gasteiger partial charge on any atom is 0.269 e. The largest absolute Gasteiger partial charge is 0.269 e. The molecule has 2 aromatic rings. The highest BCUT2D eigenvalue weighted by Gasteiger charge is 2.09. The van der Waals surface area contributed by atoms with Crippen LogP contribution in [0.15, 0.2) is 49.0 Å². The van der Waals surface area contributed by atoms with E-state index in [0.29, 0.717) is 5.56 Å². The molecule has 3 heteroatoms. The Bertz CT molecular complexity index is 546. The van der Waals surface area contributed by atoms with Crippen molar-refractivity contribution in [3.63, 3.8) is 0 Å². The van der Waals surface area contributed by atoms with Gasteiger partial charge < -0.3 is 0 Å². The maximum absolute atomic E-state index is 10.5. The first-order chi connectivity index (χ1) is 7.18. The van der Waals surface area contributed by atoms with E-state index in [2.05, 4.69) is 6.58 Å². The summed E-state index contributed by atoms with van der Waals surface area (Å²) in [4.78, 5) is 10.1. The first-order valence-corrected chi connectivity index (χ1v) is 4.51. The minimum atomic E-state index is -0.468. The van der Waals surface area contributed by atoms with Gasteiger partial charge in [-0.2, -0.15) is 0 Å². The van der Waals surface area contributed by atoms with Crippen LogP contribution in [0.1, 0.15) is 5.56 Å². The molecule has 0 aliphatic heterocycles. The zero-order valence-corrected chi connectivity index (χ0v) is 8.01. The molecule has 0 spiro atoms. The van der Waals surface area contributed by atoms with Crippen molar-refractivity contribution in [1.82, 2.24) is 0 Å². The van der Waals surface area contributed by atoms with Crippen molar-refractivity contribution in [2.75, 3.05) is 0 Å². The summed E-state index contributed by atoms with van der Waals surface area (Å²) in [7, 11) is 0. The van der Waals surface area contributed by atoms with Crippen LogP contribution in [-0.4, -0.2) is 4.92 Å². The smallest absolute Gasteiger partial charge is 0.258 e. The van der Waals surface area contributed by atoms with Gasteiger partial charge >= 0.3 is 0 Å². The summed E-state index contributed by atoms with van der Waals surface area (Å²) in [6.45, 7) is 3.43. The van der Waals surface area contributed by atoms with E-state index in [1.807, 2.05) is 30.3 Å². The standard InChI is InChI=1S/C12H9NO2/c1-9(13(14)15)11-7-6-10-4-2-3-5-12(10)8-11/h2-8H,1H2. The summed E-state index contributed by atoms with van der Waals surface area (Å²) in [6, 6.07) is 13.1. The molecule has 0 heterocycles.